The molecule has 25 heavy (non-hydrogen) atoms. The maximum atomic E-state index is 12.0. The average Bonchev–Trinajstić information content (AvgIpc) is 3.00. The van der Waals surface area contributed by atoms with Gasteiger partial charge in [0.2, 0.25) is 0 Å². The SMILES string of the molecule is CC(C)n1nccc1NC(=O)NCC(O)c1ccc(C(C)(C)C)cc1. The molecular formula is C19H28N4O2. The minimum absolute atomic E-state index is 0.0704. The van der Waals surface area contributed by atoms with Gasteiger partial charge in [0.1, 0.15) is 5.82 Å². The molecule has 6 nitrogen and oxygen atoms in total. The van der Waals surface area contributed by atoms with Gasteiger partial charge in [-0.3, -0.25) is 5.32 Å². The van der Waals surface area contributed by atoms with Gasteiger partial charge in [-0.15, -0.1) is 0 Å². The van der Waals surface area contributed by atoms with E-state index in [1.54, 1.807) is 16.9 Å². The number of amides is 2. The van der Waals surface area contributed by atoms with E-state index >= 15 is 0 Å². The summed E-state index contributed by atoms with van der Waals surface area (Å²) in [6, 6.07) is 9.35. The summed E-state index contributed by atoms with van der Waals surface area (Å²) < 4.78 is 1.72. The lowest BCUT2D eigenvalue weighted by Gasteiger charge is -2.20. The van der Waals surface area contributed by atoms with Crippen LogP contribution in [0.4, 0.5) is 10.6 Å². The van der Waals surface area contributed by atoms with E-state index in [2.05, 4.69) is 36.5 Å². The molecule has 0 saturated carbocycles. The van der Waals surface area contributed by atoms with Crippen LogP contribution in [0.25, 0.3) is 0 Å². The van der Waals surface area contributed by atoms with Gasteiger partial charge in [0, 0.05) is 18.7 Å². The number of nitrogens with zero attached hydrogens (tertiary/aromatic N) is 2. The molecule has 0 radical (unpaired) electrons. The Morgan fingerprint density at radius 1 is 1.20 bits per heavy atom. The van der Waals surface area contributed by atoms with E-state index < -0.39 is 6.10 Å². The Kier molecular flexibility index (Phi) is 5.85. The van der Waals surface area contributed by atoms with Gasteiger partial charge in [0.05, 0.1) is 12.3 Å². The first-order chi connectivity index (χ1) is 11.7. The molecule has 0 aliphatic heterocycles. The summed E-state index contributed by atoms with van der Waals surface area (Å²) in [5.74, 6) is 0.622. The summed E-state index contributed by atoms with van der Waals surface area (Å²) in [4.78, 5) is 12.0. The smallest absolute Gasteiger partial charge is 0.320 e. The zero-order chi connectivity index (χ0) is 18.6. The summed E-state index contributed by atoms with van der Waals surface area (Å²) in [6.07, 6.45) is 0.885. The largest absolute Gasteiger partial charge is 0.387 e. The molecule has 1 heterocycles. The highest BCUT2D eigenvalue weighted by molar-refractivity contribution is 5.88. The van der Waals surface area contributed by atoms with Gasteiger partial charge in [0.25, 0.3) is 0 Å². The van der Waals surface area contributed by atoms with Gasteiger partial charge in [-0.05, 0) is 30.4 Å². The van der Waals surface area contributed by atoms with Gasteiger partial charge in [0.15, 0.2) is 0 Å². The topological polar surface area (TPSA) is 79.2 Å². The highest BCUT2D eigenvalue weighted by Crippen LogP contribution is 2.23. The molecule has 0 aliphatic carbocycles. The monoisotopic (exact) mass is 344 g/mol. The molecule has 2 rings (SSSR count). The Morgan fingerprint density at radius 3 is 2.40 bits per heavy atom. The summed E-state index contributed by atoms with van der Waals surface area (Å²) >= 11 is 0. The predicted molar refractivity (Wildman–Crippen MR) is 99.7 cm³/mol. The summed E-state index contributed by atoms with van der Waals surface area (Å²) in [5.41, 5.74) is 2.05. The van der Waals surface area contributed by atoms with Crippen LogP contribution < -0.4 is 10.6 Å². The number of hydrogen-bond donors (Lipinski definition) is 3. The molecule has 1 aromatic carbocycles. The van der Waals surface area contributed by atoms with E-state index in [0.717, 1.165) is 5.56 Å². The molecule has 0 fully saturated rings. The molecule has 2 amide bonds. The van der Waals surface area contributed by atoms with Crippen molar-refractivity contribution in [3.8, 4) is 0 Å². The zero-order valence-electron chi connectivity index (χ0n) is 15.6. The van der Waals surface area contributed by atoms with Crippen molar-refractivity contribution >= 4 is 11.8 Å². The second kappa shape index (κ2) is 7.70. The highest BCUT2D eigenvalue weighted by atomic mass is 16.3. The van der Waals surface area contributed by atoms with Crippen molar-refractivity contribution in [2.75, 3.05) is 11.9 Å². The fraction of sp³-hybridized carbons (Fsp3) is 0.474. The quantitative estimate of drug-likeness (QED) is 0.775. The van der Waals surface area contributed by atoms with Crippen LogP contribution in [0.15, 0.2) is 36.5 Å². The first kappa shape index (κ1) is 19.0. The molecule has 6 heteroatoms. The second-order valence-electron chi connectivity index (χ2n) is 7.48. The Balaban J connectivity index is 1.90. The number of carbonyl (C=O) groups is 1. The van der Waals surface area contributed by atoms with E-state index in [4.69, 9.17) is 0 Å². The molecule has 1 atom stereocenters. The lowest BCUT2D eigenvalue weighted by molar-refractivity contribution is 0.175. The molecular weight excluding hydrogens is 316 g/mol. The molecule has 0 bridgehead atoms. The maximum absolute atomic E-state index is 12.0. The Morgan fingerprint density at radius 2 is 1.84 bits per heavy atom. The molecule has 0 saturated heterocycles. The Hall–Kier alpha value is -2.34. The van der Waals surface area contributed by atoms with Gasteiger partial charge in [-0.1, -0.05) is 45.0 Å². The second-order valence-corrected chi connectivity index (χ2v) is 7.48. The lowest BCUT2D eigenvalue weighted by Crippen LogP contribution is -2.33. The van der Waals surface area contributed by atoms with Crippen LogP contribution in [0.2, 0.25) is 0 Å². The number of nitrogens with one attached hydrogen (secondary N) is 2. The number of anilines is 1. The van der Waals surface area contributed by atoms with Gasteiger partial charge >= 0.3 is 6.03 Å². The maximum Gasteiger partial charge on any atom is 0.320 e. The van der Waals surface area contributed by atoms with Gasteiger partial charge in [-0.2, -0.15) is 5.10 Å². The van der Waals surface area contributed by atoms with Crippen molar-refractivity contribution < 1.29 is 9.90 Å². The Bertz CT molecular complexity index is 699. The number of aliphatic hydroxyl groups excluding tert-OH is 1. The molecule has 1 unspecified atom stereocenters. The molecule has 3 N–H and O–H groups in total. The van der Waals surface area contributed by atoms with Crippen molar-refractivity contribution in [1.29, 1.82) is 0 Å². The molecule has 0 aliphatic rings. The van der Waals surface area contributed by atoms with Crippen LogP contribution >= 0.6 is 0 Å². The van der Waals surface area contributed by atoms with Crippen molar-refractivity contribution in [3.63, 3.8) is 0 Å². The van der Waals surface area contributed by atoms with E-state index in [-0.39, 0.29) is 24.0 Å². The van der Waals surface area contributed by atoms with Gasteiger partial charge in [-0.25, -0.2) is 9.48 Å². The van der Waals surface area contributed by atoms with E-state index in [9.17, 15) is 9.90 Å². The fourth-order valence-corrected chi connectivity index (χ4v) is 2.50. The minimum Gasteiger partial charge on any atom is -0.387 e. The number of aromatic nitrogens is 2. The third kappa shape index (κ3) is 5.06. The van der Waals surface area contributed by atoms with Crippen molar-refractivity contribution in [2.24, 2.45) is 0 Å². The Labute approximate surface area is 149 Å². The van der Waals surface area contributed by atoms with Crippen LogP contribution in [0, 0.1) is 0 Å². The number of rotatable bonds is 5. The minimum atomic E-state index is -0.755. The fourth-order valence-electron chi connectivity index (χ4n) is 2.50. The van der Waals surface area contributed by atoms with Crippen LogP contribution in [0.1, 0.15) is 57.9 Å². The molecule has 2 aromatic rings. The summed E-state index contributed by atoms with van der Waals surface area (Å²) in [6.45, 7) is 10.5. The van der Waals surface area contributed by atoms with Gasteiger partial charge < -0.3 is 10.4 Å². The third-order valence-electron chi connectivity index (χ3n) is 4.02. The number of aliphatic hydroxyl groups is 1. The van der Waals surface area contributed by atoms with Crippen LogP contribution in [0.5, 0.6) is 0 Å². The van der Waals surface area contributed by atoms with Crippen molar-refractivity contribution in [1.82, 2.24) is 15.1 Å². The van der Waals surface area contributed by atoms with E-state index in [1.807, 2.05) is 38.1 Å². The predicted octanol–water partition coefficient (Wildman–Crippen LogP) is 3.62. The molecule has 136 valence electrons. The number of hydrogen-bond acceptors (Lipinski definition) is 3. The van der Waals surface area contributed by atoms with Crippen molar-refractivity contribution in [3.05, 3.63) is 47.7 Å². The average molecular weight is 344 g/mol. The van der Waals surface area contributed by atoms with Crippen LogP contribution in [0.3, 0.4) is 0 Å². The number of benzene rings is 1. The van der Waals surface area contributed by atoms with E-state index in [0.29, 0.717) is 5.82 Å². The molecule has 0 spiro atoms. The number of urea groups is 1. The lowest BCUT2D eigenvalue weighted by atomic mass is 9.86. The molecule has 1 aromatic heterocycles. The standard InChI is InChI=1S/C19H28N4O2/c1-13(2)23-17(10-11-21-23)22-18(25)20-12-16(24)14-6-8-15(9-7-14)19(3,4)5/h6-11,13,16,24H,12H2,1-5H3,(H2,20,22,25). The number of carbonyl (C=O) groups excluding carboxylic acids is 1. The van der Waals surface area contributed by atoms with Crippen molar-refractivity contribution in [2.45, 2.75) is 52.2 Å². The first-order valence-electron chi connectivity index (χ1n) is 8.55. The highest BCUT2D eigenvalue weighted by Gasteiger charge is 2.15. The summed E-state index contributed by atoms with van der Waals surface area (Å²) in [5, 5.41) is 19.9. The van der Waals surface area contributed by atoms with Crippen LogP contribution in [-0.4, -0.2) is 27.5 Å². The first-order valence-corrected chi connectivity index (χ1v) is 8.55. The van der Waals surface area contributed by atoms with E-state index in [1.165, 1.54) is 5.56 Å². The zero-order valence-corrected chi connectivity index (χ0v) is 15.6. The third-order valence-corrected chi connectivity index (χ3v) is 4.02. The summed E-state index contributed by atoms with van der Waals surface area (Å²) in [7, 11) is 0. The van der Waals surface area contributed by atoms with Crippen LogP contribution in [-0.2, 0) is 5.41 Å². The normalized spacial score (nSPS) is 12.9.